The molecule has 1 heterocycles. The second-order valence-corrected chi connectivity index (χ2v) is 6.20. The first-order chi connectivity index (χ1) is 9.20. The SMILES string of the molecule is CCCNC(C=C(C)C)C1CSc2ccccc2O1. The maximum absolute atomic E-state index is 6.16. The van der Waals surface area contributed by atoms with E-state index < -0.39 is 0 Å². The van der Waals surface area contributed by atoms with Crippen molar-refractivity contribution in [1.82, 2.24) is 5.32 Å². The third-order valence-electron chi connectivity index (χ3n) is 3.07. The van der Waals surface area contributed by atoms with Crippen LogP contribution in [0.25, 0.3) is 0 Å². The van der Waals surface area contributed by atoms with Gasteiger partial charge in [0.1, 0.15) is 11.9 Å². The highest BCUT2D eigenvalue weighted by Crippen LogP contribution is 2.35. The van der Waals surface area contributed by atoms with Crippen LogP contribution in [0.1, 0.15) is 27.2 Å². The molecule has 3 heteroatoms. The zero-order valence-electron chi connectivity index (χ0n) is 12.0. The van der Waals surface area contributed by atoms with Crippen LogP contribution in [0.2, 0.25) is 0 Å². The number of thioether (sulfide) groups is 1. The van der Waals surface area contributed by atoms with Crippen molar-refractivity contribution in [2.24, 2.45) is 0 Å². The highest BCUT2D eigenvalue weighted by Gasteiger charge is 2.26. The quantitative estimate of drug-likeness (QED) is 0.825. The minimum atomic E-state index is 0.210. The molecule has 1 aromatic carbocycles. The van der Waals surface area contributed by atoms with Crippen LogP contribution < -0.4 is 10.1 Å². The van der Waals surface area contributed by atoms with E-state index in [0.717, 1.165) is 24.5 Å². The van der Waals surface area contributed by atoms with Crippen molar-refractivity contribution in [2.45, 2.75) is 44.2 Å². The molecule has 2 atom stereocenters. The molecule has 0 saturated carbocycles. The van der Waals surface area contributed by atoms with Crippen LogP contribution in [0.5, 0.6) is 5.75 Å². The fourth-order valence-electron chi connectivity index (χ4n) is 2.18. The Balaban J connectivity index is 2.09. The molecule has 2 nitrogen and oxygen atoms in total. The summed E-state index contributed by atoms with van der Waals surface area (Å²) in [4.78, 5) is 1.25. The van der Waals surface area contributed by atoms with Gasteiger partial charge in [-0.3, -0.25) is 0 Å². The summed E-state index contributed by atoms with van der Waals surface area (Å²) in [5.74, 6) is 2.02. The van der Waals surface area contributed by atoms with Crippen LogP contribution in [0.15, 0.2) is 40.8 Å². The Morgan fingerprint density at radius 3 is 3.00 bits per heavy atom. The summed E-state index contributed by atoms with van der Waals surface area (Å²) in [6, 6.07) is 8.60. The van der Waals surface area contributed by atoms with Crippen molar-refractivity contribution in [3.05, 3.63) is 35.9 Å². The number of nitrogens with one attached hydrogen (secondary N) is 1. The molecule has 1 aromatic rings. The number of hydrogen-bond donors (Lipinski definition) is 1. The average molecular weight is 277 g/mol. The van der Waals surface area contributed by atoms with Gasteiger partial charge in [-0.05, 0) is 38.9 Å². The molecule has 2 rings (SSSR count). The first-order valence-electron chi connectivity index (χ1n) is 6.97. The lowest BCUT2D eigenvalue weighted by molar-refractivity contribution is 0.185. The molecular weight excluding hydrogens is 254 g/mol. The van der Waals surface area contributed by atoms with Gasteiger partial charge < -0.3 is 10.1 Å². The van der Waals surface area contributed by atoms with Crippen molar-refractivity contribution >= 4 is 11.8 Å². The summed E-state index contributed by atoms with van der Waals surface area (Å²) in [5.41, 5.74) is 1.33. The summed E-state index contributed by atoms with van der Waals surface area (Å²) in [6.07, 6.45) is 3.64. The second-order valence-electron chi connectivity index (χ2n) is 5.14. The minimum Gasteiger partial charge on any atom is -0.486 e. The van der Waals surface area contributed by atoms with Gasteiger partial charge in [0, 0.05) is 10.6 Å². The summed E-state index contributed by atoms with van der Waals surface area (Å²) in [7, 11) is 0. The molecule has 0 aromatic heterocycles. The topological polar surface area (TPSA) is 21.3 Å². The Labute approximate surface area is 120 Å². The third kappa shape index (κ3) is 4.02. The molecule has 2 unspecified atom stereocenters. The lowest BCUT2D eigenvalue weighted by atomic mass is 10.1. The van der Waals surface area contributed by atoms with Crippen molar-refractivity contribution in [3.63, 3.8) is 0 Å². The van der Waals surface area contributed by atoms with Crippen LogP contribution in [0, 0.1) is 0 Å². The van der Waals surface area contributed by atoms with Gasteiger partial charge in [-0.15, -0.1) is 11.8 Å². The summed E-state index contributed by atoms with van der Waals surface area (Å²) < 4.78 is 6.16. The predicted octanol–water partition coefficient (Wildman–Crippen LogP) is 3.87. The molecule has 1 aliphatic rings. The smallest absolute Gasteiger partial charge is 0.133 e. The first-order valence-corrected chi connectivity index (χ1v) is 7.96. The lowest BCUT2D eigenvalue weighted by Gasteiger charge is -2.31. The van der Waals surface area contributed by atoms with Gasteiger partial charge in [-0.2, -0.15) is 0 Å². The van der Waals surface area contributed by atoms with E-state index in [1.807, 2.05) is 17.8 Å². The molecule has 0 spiro atoms. The maximum atomic E-state index is 6.16. The molecule has 19 heavy (non-hydrogen) atoms. The van der Waals surface area contributed by atoms with Crippen LogP contribution in [-0.2, 0) is 0 Å². The summed E-state index contributed by atoms with van der Waals surface area (Å²) in [6.45, 7) is 7.51. The third-order valence-corrected chi connectivity index (χ3v) is 4.22. The predicted molar refractivity (Wildman–Crippen MR) is 83.1 cm³/mol. The monoisotopic (exact) mass is 277 g/mol. The Morgan fingerprint density at radius 2 is 2.26 bits per heavy atom. The molecule has 1 aliphatic heterocycles. The van der Waals surface area contributed by atoms with Crippen molar-refractivity contribution in [1.29, 1.82) is 0 Å². The van der Waals surface area contributed by atoms with E-state index in [2.05, 4.69) is 50.4 Å². The molecule has 1 N–H and O–H groups in total. The van der Waals surface area contributed by atoms with Gasteiger partial charge in [0.15, 0.2) is 0 Å². The Hall–Kier alpha value is -0.930. The number of ether oxygens (including phenoxy) is 1. The van der Waals surface area contributed by atoms with Gasteiger partial charge in [0.2, 0.25) is 0 Å². The Bertz CT molecular complexity index is 440. The zero-order valence-corrected chi connectivity index (χ0v) is 12.8. The number of fused-ring (bicyclic) bond motifs is 1. The number of hydrogen-bond acceptors (Lipinski definition) is 3. The maximum Gasteiger partial charge on any atom is 0.133 e. The number of benzene rings is 1. The standard InChI is InChI=1S/C16H23NOS/c1-4-9-17-13(10-12(2)3)15-11-19-16-8-6-5-7-14(16)18-15/h5-8,10,13,15,17H,4,9,11H2,1-3H3. The van der Waals surface area contributed by atoms with Crippen LogP contribution in [0.4, 0.5) is 0 Å². The highest BCUT2D eigenvalue weighted by molar-refractivity contribution is 7.99. The van der Waals surface area contributed by atoms with Crippen molar-refractivity contribution in [3.8, 4) is 5.75 Å². The fraction of sp³-hybridized carbons (Fsp3) is 0.500. The summed E-state index contributed by atoms with van der Waals surface area (Å²) >= 11 is 1.89. The minimum absolute atomic E-state index is 0.210. The van der Waals surface area contributed by atoms with Gasteiger partial charge in [0.05, 0.1) is 6.04 Å². The molecule has 0 fully saturated rings. The van der Waals surface area contributed by atoms with Crippen molar-refractivity contribution in [2.75, 3.05) is 12.3 Å². The molecule has 0 saturated heterocycles. The van der Waals surface area contributed by atoms with E-state index in [9.17, 15) is 0 Å². The fourth-order valence-corrected chi connectivity index (χ4v) is 3.23. The molecule has 0 radical (unpaired) electrons. The van der Waals surface area contributed by atoms with E-state index in [1.54, 1.807) is 0 Å². The number of rotatable bonds is 5. The Kier molecular flexibility index (Phi) is 5.34. The van der Waals surface area contributed by atoms with Gasteiger partial charge in [-0.1, -0.05) is 30.7 Å². The van der Waals surface area contributed by atoms with Crippen molar-refractivity contribution < 1.29 is 4.74 Å². The highest BCUT2D eigenvalue weighted by atomic mass is 32.2. The first kappa shape index (κ1) is 14.5. The largest absolute Gasteiger partial charge is 0.486 e. The molecule has 0 amide bonds. The van der Waals surface area contributed by atoms with Crippen LogP contribution >= 0.6 is 11.8 Å². The van der Waals surface area contributed by atoms with E-state index >= 15 is 0 Å². The van der Waals surface area contributed by atoms with Crippen LogP contribution in [0.3, 0.4) is 0 Å². The Morgan fingerprint density at radius 1 is 1.47 bits per heavy atom. The summed E-state index contributed by atoms with van der Waals surface area (Å²) in [5, 5.41) is 3.59. The molecule has 0 bridgehead atoms. The van der Waals surface area contributed by atoms with Gasteiger partial charge >= 0.3 is 0 Å². The van der Waals surface area contributed by atoms with Crippen LogP contribution in [-0.4, -0.2) is 24.4 Å². The van der Waals surface area contributed by atoms with Gasteiger partial charge in [0.25, 0.3) is 0 Å². The lowest BCUT2D eigenvalue weighted by Crippen LogP contribution is -2.44. The number of allylic oxidation sites excluding steroid dienone is 1. The number of para-hydroxylation sites is 1. The normalized spacial score (nSPS) is 19.2. The van der Waals surface area contributed by atoms with E-state index in [4.69, 9.17) is 4.74 Å². The average Bonchev–Trinajstić information content (AvgIpc) is 2.42. The molecule has 104 valence electrons. The second kappa shape index (κ2) is 7.01. The molecular formula is C16H23NOS. The van der Waals surface area contributed by atoms with E-state index in [-0.39, 0.29) is 6.10 Å². The zero-order chi connectivity index (χ0) is 13.7. The van der Waals surface area contributed by atoms with Gasteiger partial charge in [-0.25, -0.2) is 0 Å². The van der Waals surface area contributed by atoms with E-state index in [1.165, 1.54) is 10.5 Å². The molecule has 0 aliphatic carbocycles. The van der Waals surface area contributed by atoms with E-state index in [0.29, 0.717) is 6.04 Å².